The Balaban J connectivity index is 2.95. The first-order chi connectivity index (χ1) is 8.12. The maximum absolute atomic E-state index is 6.03. The first kappa shape index (κ1) is 13.9. The van der Waals surface area contributed by atoms with E-state index in [1.807, 2.05) is 6.07 Å². The van der Waals surface area contributed by atoms with Crippen LogP contribution in [0.2, 0.25) is 5.02 Å². The molecular formula is C12H19ClN2O2. The van der Waals surface area contributed by atoms with Crippen molar-refractivity contribution in [3.63, 3.8) is 0 Å². The van der Waals surface area contributed by atoms with Crippen molar-refractivity contribution in [3.8, 4) is 11.5 Å². The van der Waals surface area contributed by atoms with Crippen LogP contribution in [0.25, 0.3) is 0 Å². The van der Waals surface area contributed by atoms with E-state index in [0.717, 1.165) is 12.1 Å². The molecule has 0 aromatic heterocycles. The molecule has 4 nitrogen and oxygen atoms in total. The number of nitrogens with one attached hydrogen (secondary N) is 1. The van der Waals surface area contributed by atoms with Crippen LogP contribution >= 0.6 is 11.6 Å². The molecule has 1 unspecified atom stereocenters. The van der Waals surface area contributed by atoms with Gasteiger partial charge in [-0.1, -0.05) is 11.6 Å². The molecule has 17 heavy (non-hydrogen) atoms. The molecule has 0 heterocycles. The van der Waals surface area contributed by atoms with Gasteiger partial charge in [0.05, 0.1) is 24.9 Å². The maximum atomic E-state index is 6.03. The zero-order chi connectivity index (χ0) is 12.8. The van der Waals surface area contributed by atoms with Crippen LogP contribution in [0.5, 0.6) is 11.5 Å². The van der Waals surface area contributed by atoms with Gasteiger partial charge in [-0.05, 0) is 19.9 Å². The Hall–Kier alpha value is -1.13. The topological polar surface area (TPSA) is 56.5 Å². The average molecular weight is 259 g/mol. The smallest absolute Gasteiger partial charge is 0.143 e. The van der Waals surface area contributed by atoms with E-state index in [2.05, 4.69) is 12.2 Å². The number of hydrogen-bond acceptors (Lipinski definition) is 4. The Morgan fingerprint density at radius 2 is 1.94 bits per heavy atom. The second-order valence-electron chi connectivity index (χ2n) is 3.81. The van der Waals surface area contributed by atoms with Crippen LogP contribution in [0.3, 0.4) is 0 Å². The van der Waals surface area contributed by atoms with Gasteiger partial charge in [0.15, 0.2) is 0 Å². The number of ether oxygens (including phenoxy) is 2. The predicted molar refractivity (Wildman–Crippen MR) is 71.3 cm³/mol. The van der Waals surface area contributed by atoms with Crippen LogP contribution in [0, 0.1) is 0 Å². The molecule has 0 saturated heterocycles. The number of methoxy groups -OCH3 is 2. The fourth-order valence-electron chi connectivity index (χ4n) is 1.56. The van der Waals surface area contributed by atoms with Crippen LogP contribution < -0.4 is 20.5 Å². The standard InChI is InChI=1S/C12H19ClN2O2/c1-8(4-5-14)15-10-7-11(16-2)9(13)6-12(10)17-3/h6-8,15H,4-5,14H2,1-3H3. The molecular weight excluding hydrogens is 240 g/mol. The summed E-state index contributed by atoms with van der Waals surface area (Å²) in [6, 6.07) is 3.83. The molecule has 0 fully saturated rings. The van der Waals surface area contributed by atoms with Gasteiger partial charge in [-0.25, -0.2) is 0 Å². The van der Waals surface area contributed by atoms with Gasteiger partial charge in [-0.15, -0.1) is 0 Å². The lowest BCUT2D eigenvalue weighted by atomic mass is 10.2. The Labute approximate surface area is 107 Å². The van der Waals surface area contributed by atoms with Crippen LogP contribution in [0.1, 0.15) is 13.3 Å². The molecule has 0 aliphatic rings. The number of anilines is 1. The average Bonchev–Trinajstić information content (AvgIpc) is 2.31. The van der Waals surface area contributed by atoms with Crippen molar-refractivity contribution in [2.75, 3.05) is 26.1 Å². The van der Waals surface area contributed by atoms with E-state index in [9.17, 15) is 0 Å². The summed E-state index contributed by atoms with van der Waals surface area (Å²) >= 11 is 6.03. The van der Waals surface area contributed by atoms with Gasteiger partial charge in [-0.2, -0.15) is 0 Å². The minimum absolute atomic E-state index is 0.264. The van der Waals surface area contributed by atoms with E-state index >= 15 is 0 Å². The fraction of sp³-hybridized carbons (Fsp3) is 0.500. The summed E-state index contributed by atoms with van der Waals surface area (Å²) in [6.07, 6.45) is 0.883. The largest absolute Gasteiger partial charge is 0.495 e. The summed E-state index contributed by atoms with van der Waals surface area (Å²) < 4.78 is 10.4. The lowest BCUT2D eigenvalue weighted by Gasteiger charge is -2.18. The molecule has 0 spiro atoms. The fourth-order valence-corrected chi connectivity index (χ4v) is 1.79. The summed E-state index contributed by atoms with van der Waals surface area (Å²) in [5.41, 5.74) is 6.37. The van der Waals surface area contributed by atoms with Crippen molar-refractivity contribution >= 4 is 17.3 Å². The van der Waals surface area contributed by atoms with Gasteiger partial charge in [0.2, 0.25) is 0 Å². The van der Waals surface area contributed by atoms with Gasteiger partial charge in [0.25, 0.3) is 0 Å². The molecule has 0 aliphatic heterocycles. The number of hydrogen-bond donors (Lipinski definition) is 2. The monoisotopic (exact) mass is 258 g/mol. The van der Waals surface area contributed by atoms with Crippen molar-refractivity contribution in [1.29, 1.82) is 0 Å². The van der Waals surface area contributed by atoms with Gasteiger partial charge in [-0.3, -0.25) is 0 Å². The van der Waals surface area contributed by atoms with Crippen LogP contribution in [-0.4, -0.2) is 26.8 Å². The van der Waals surface area contributed by atoms with Crippen molar-refractivity contribution < 1.29 is 9.47 Å². The molecule has 1 atom stereocenters. The van der Waals surface area contributed by atoms with Crippen LogP contribution in [-0.2, 0) is 0 Å². The molecule has 0 amide bonds. The minimum Gasteiger partial charge on any atom is -0.495 e. The Morgan fingerprint density at radius 1 is 1.29 bits per heavy atom. The zero-order valence-electron chi connectivity index (χ0n) is 10.4. The number of nitrogens with two attached hydrogens (primary N) is 1. The Morgan fingerprint density at radius 3 is 2.47 bits per heavy atom. The summed E-state index contributed by atoms with van der Waals surface area (Å²) in [6.45, 7) is 2.70. The van der Waals surface area contributed by atoms with E-state index in [1.54, 1.807) is 20.3 Å². The first-order valence-electron chi connectivity index (χ1n) is 5.50. The highest BCUT2D eigenvalue weighted by Gasteiger charge is 2.11. The highest BCUT2D eigenvalue weighted by Crippen LogP contribution is 2.36. The van der Waals surface area contributed by atoms with E-state index in [4.69, 9.17) is 26.8 Å². The minimum atomic E-state index is 0.264. The quantitative estimate of drug-likeness (QED) is 0.823. The molecule has 1 aromatic carbocycles. The number of benzene rings is 1. The molecule has 0 saturated carbocycles. The third-order valence-electron chi connectivity index (χ3n) is 2.48. The first-order valence-corrected chi connectivity index (χ1v) is 5.88. The van der Waals surface area contributed by atoms with Crippen molar-refractivity contribution in [2.24, 2.45) is 5.73 Å². The third kappa shape index (κ3) is 3.68. The molecule has 0 bridgehead atoms. The van der Waals surface area contributed by atoms with Crippen molar-refractivity contribution in [2.45, 2.75) is 19.4 Å². The Bertz CT molecular complexity index is 372. The van der Waals surface area contributed by atoms with E-state index in [0.29, 0.717) is 23.1 Å². The molecule has 1 aromatic rings. The summed E-state index contributed by atoms with van der Waals surface area (Å²) in [4.78, 5) is 0. The SMILES string of the molecule is COc1cc(NC(C)CCN)c(OC)cc1Cl. The zero-order valence-corrected chi connectivity index (χ0v) is 11.2. The van der Waals surface area contributed by atoms with Crippen LogP contribution in [0.4, 0.5) is 5.69 Å². The van der Waals surface area contributed by atoms with Crippen molar-refractivity contribution in [1.82, 2.24) is 0 Å². The Kier molecular flexibility index (Phi) is 5.38. The number of rotatable bonds is 6. The lowest BCUT2D eigenvalue weighted by molar-refractivity contribution is 0.404. The molecule has 0 radical (unpaired) electrons. The normalized spacial score (nSPS) is 12.1. The van der Waals surface area contributed by atoms with Crippen LogP contribution in [0.15, 0.2) is 12.1 Å². The van der Waals surface area contributed by atoms with E-state index < -0.39 is 0 Å². The third-order valence-corrected chi connectivity index (χ3v) is 2.77. The number of halogens is 1. The van der Waals surface area contributed by atoms with Gasteiger partial charge >= 0.3 is 0 Å². The second-order valence-corrected chi connectivity index (χ2v) is 4.22. The van der Waals surface area contributed by atoms with E-state index in [-0.39, 0.29) is 6.04 Å². The lowest BCUT2D eigenvalue weighted by Crippen LogP contribution is -2.19. The van der Waals surface area contributed by atoms with Gasteiger partial charge < -0.3 is 20.5 Å². The molecule has 3 N–H and O–H groups in total. The molecule has 1 rings (SSSR count). The summed E-state index contributed by atoms with van der Waals surface area (Å²) in [7, 11) is 3.19. The van der Waals surface area contributed by atoms with E-state index in [1.165, 1.54) is 0 Å². The second kappa shape index (κ2) is 6.57. The summed E-state index contributed by atoms with van der Waals surface area (Å²) in [5.74, 6) is 1.31. The molecule has 5 heteroatoms. The van der Waals surface area contributed by atoms with Crippen molar-refractivity contribution in [3.05, 3.63) is 17.2 Å². The predicted octanol–water partition coefficient (Wildman–Crippen LogP) is 2.51. The summed E-state index contributed by atoms with van der Waals surface area (Å²) in [5, 5.41) is 3.85. The molecule has 96 valence electrons. The molecule has 0 aliphatic carbocycles. The maximum Gasteiger partial charge on any atom is 0.143 e. The van der Waals surface area contributed by atoms with Gasteiger partial charge in [0.1, 0.15) is 11.5 Å². The highest BCUT2D eigenvalue weighted by atomic mass is 35.5. The highest BCUT2D eigenvalue weighted by molar-refractivity contribution is 6.32. The van der Waals surface area contributed by atoms with Gasteiger partial charge in [0, 0.05) is 18.2 Å².